The first-order valence-corrected chi connectivity index (χ1v) is 7.95. The zero-order valence-electron chi connectivity index (χ0n) is 13.3. The highest BCUT2D eigenvalue weighted by Crippen LogP contribution is 2.11. The molecule has 1 aliphatic heterocycles. The Kier molecular flexibility index (Phi) is 4.88. The number of rotatable bonds is 4. The summed E-state index contributed by atoms with van der Waals surface area (Å²) >= 11 is 0. The summed E-state index contributed by atoms with van der Waals surface area (Å²) in [5.41, 5.74) is 1.90. The molecule has 0 N–H and O–H groups in total. The van der Waals surface area contributed by atoms with E-state index < -0.39 is 0 Å². The van der Waals surface area contributed by atoms with E-state index in [2.05, 4.69) is 12.0 Å². The van der Waals surface area contributed by atoms with Gasteiger partial charge < -0.3 is 9.64 Å². The first-order chi connectivity index (χ1) is 11.3. The monoisotopic (exact) mass is 311 g/mol. The summed E-state index contributed by atoms with van der Waals surface area (Å²) in [7, 11) is 0. The van der Waals surface area contributed by atoms with Crippen molar-refractivity contribution < 1.29 is 9.53 Å². The Balaban J connectivity index is 1.64. The molecule has 1 aromatic carbocycles. The van der Waals surface area contributed by atoms with Crippen molar-refractivity contribution in [3.63, 3.8) is 0 Å². The van der Waals surface area contributed by atoms with Crippen LogP contribution in [0.3, 0.4) is 0 Å². The summed E-state index contributed by atoms with van der Waals surface area (Å²) in [5, 5.41) is 4.32. The molecule has 1 aliphatic rings. The molecule has 23 heavy (non-hydrogen) atoms. The Morgan fingerprint density at radius 1 is 1.39 bits per heavy atom. The average Bonchev–Trinajstić information content (AvgIpc) is 3.09. The second-order valence-corrected chi connectivity index (χ2v) is 5.57. The SMILES string of the molecule is CCC1CN(C(=O)C=Cc2cnn(-c3ccccc3)c2)CCO1. The predicted octanol–water partition coefficient (Wildman–Crippen LogP) is 2.52. The van der Waals surface area contributed by atoms with Crippen molar-refractivity contribution in [2.75, 3.05) is 19.7 Å². The molecule has 1 fully saturated rings. The van der Waals surface area contributed by atoms with Gasteiger partial charge in [-0.05, 0) is 24.6 Å². The summed E-state index contributed by atoms with van der Waals surface area (Å²) < 4.78 is 7.39. The summed E-state index contributed by atoms with van der Waals surface area (Å²) in [4.78, 5) is 14.1. The minimum absolute atomic E-state index is 0.0270. The van der Waals surface area contributed by atoms with Gasteiger partial charge in [-0.3, -0.25) is 4.79 Å². The lowest BCUT2D eigenvalue weighted by Crippen LogP contribution is -2.44. The van der Waals surface area contributed by atoms with Crippen molar-refractivity contribution in [1.82, 2.24) is 14.7 Å². The molecule has 0 aliphatic carbocycles. The number of hydrogen-bond donors (Lipinski definition) is 0. The van der Waals surface area contributed by atoms with Crippen LogP contribution < -0.4 is 0 Å². The molecule has 3 rings (SSSR count). The van der Waals surface area contributed by atoms with Gasteiger partial charge in [-0.25, -0.2) is 4.68 Å². The highest BCUT2D eigenvalue weighted by molar-refractivity contribution is 5.91. The Morgan fingerprint density at radius 3 is 3.00 bits per heavy atom. The predicted molar refractivity (Wildman–Crippen MR) is 89.2 cm³/mol. The lowest BCUT2D eigenvalue weighted by Gasteiger charge is -2.31. The molecule has 1 saturated heterocycles. The normalized spacial score (nSPS) is 18.5. The average molecular weight is 311 g/mol. The standard InChI is InChI=1S/C18H21N3O2/c1-2-17-14-20(10-11-23-17)18(22)9-8-15-12-19-21(13-15)16-6-4-3-5-7-16/h3-9,12-13,17H,2,10-11,14H2,1H3. The molecule has 1 amide bonds. The number of morpholine rings is 1. The van der Waals surface area contributed by atoms with E-state index in [1.165, 1.54) is 0 Å². The van der Waals surface area contributed by atoms with Crippen molar-refractivity contribution in [2.24, 2.45) is 0 Å². The van der Waals surface area contributed by atoms with E-state index in [-0.39, 0.29) is 12.0 Å². The largest absolute Gasteiger partial charge is 0.375 e. The highest BCUT2D eigenvalue weighted by atomic mass is 16.5. The lowest BCUT2D eigenvalue weighted by atomic mass is 10.2. The maximum absolute atomic E-state index is 12.3. The molecular weight excluding hydrogens is 290 g/mol. The molecule has 1 aromatic heterocycles. The zero-order chi connectivity index (χ0) is 16.1. The summed E-state index contributed by atoms with van der Waals surface area (Å²) in [6, 6.07) is 9.89. The van der Waals surface area contributed by atoms with Gasteiger partial charge in [0.05, 0.1) is 24.6 Å². The van der Waals surface area contributed by atoms with Crippen molar-refractivity contribution in [3.8, 4) is 5.69 Å². The fourth-order valence-corrected chi connectivity index (χ4v) is 2.58. The van der Waals surface area contributed by atoms with Crippen LogP contribution in [0.5, 0.6) is 0 Å². The fourth-order valence-electron chi connectivity index (χ4n) is 2.58. The van der Waals surface area contributed by atoms with Crippen LogP contribution in [0.25, 0.3) is 11.8 Å². The summed E-state index contributed by atoms with van der Waals surface area (Å²) in [5.74, 6) is 0.0270. The smallest absolute Gasteiger partial charge is 0.246 e. The van der Waals surface area contributed by atoms with E-state index in [9.17, 15) is 4.79 Å². The molecule has 0 saturated carbocycles. The number of hydrogen-bond acceptors (Lipinski definition) is 3. The quantitative estimate of drug-likeness (QED) is 0.815. The van der Waals surface area contributed by atoms with Crippen molar-refractivity contribution >= 4 is 12.0 Å². The van der Waals surface area contributed by atoms with Crippen LogP contribution in [0.15, 0.2) is 48.8 Å². The molecule has 0 radical (unpaired) electrons. The molecule has 0 bridgehead atoms. The van der Waals surface area contributed by atoms with Crippen molar-refractivity contribution in [2.45, 2.75) is 19.4 Å². The van der Waals surface area contributed by atoms with Gasteiger partial charge in [0.25, 0.3) is 0 Å². The van der Waals surface area contributed by atoms with E-state index in [1.807, 2.05) is 47.5 Å². The number of amides is 1. The first kappa shape index (κ1) is 15.5. The first-order valence-electron chi connectivity index (χ1n) is 7.95. The van der Waals surface area contributed by atoms with Gasteiger partial charge in [0.1, 0.15) is 0 Å². The number of nitrogens with zero attached hydrogens (tertiary/aromatic N) is 3. The molecule has 5 nitrogen and oxygen atoms in total. The van der Waals surface area contributed by atoms with E-state index in [0.29, 0.717) is 19.7 Å². The van der Waals surface area contributed by atoms with E-state index >= 15 is 0 Å². The Bertz CT molecular complexity index is 679. The van der Waals surface area contributed by atoms with Gasteiger partial charge in [-0.15, -0.1) is 0 Å². The Labute approximate surface area is 136 Å². The molecule has 1 atom stereocenters. The van der Waals surface area contributed by atoms with E-state index in [4.69, 9.17) is 4.74 Å². The number of benzene rings is 1. The Morgan fingerprint density at radius 2 is 2.22 bits per heavy atom. The summed E-state index contributed by atoms with van der Waals surface area (Å²) in [6.07, 6.45) is 8.17. The number of para-hydroxylation sites is 1. The third kappa shape index (κ3) is 3.87. The molecule has 2 aromatic rings. The third-order valence-corrected chi connectivity index (χ3v) is 3.95. The molecule has 2 heterocycles. The maximum Gasteiger partial charge on any atom is 0.246 e. The van der Waals surface area contributed by atoms with E-state index in [1.54, 1.807) is 17.0 Å². The van der Waals surface area contributed by atoms with Crippen LogP contribution >= 0.6 is 0 Å². The van der Waals surface area contributed by atoms with Gasteiger partial charge in [-0.2, -0.15) is 5.10 Å². The Hall–Kier alpha value is -2.40. The second kappa shape index (κ2) is 7.24. The van der Waals surface area contributed by atoms with Crippen LogP contribution in [-0.2, 0) is 9.53 Å². The van der Waals surface area contributed by atoms with Crippen LogP contribution in [-0.4, -0.2) is 46.4 Å². The van der Waals surface area contributed by atoms with Crippen LogP contribution in [0.4, 0.5) is 0 Å². The minimum Gasteiger partial charge on any atom is -0.375 e. The molecule has 5 heteroatoms. The summed E-state index contributed by atoms with van der Waals surface area (Å²) in [6.45, 7) is 4.02. The number of aromatic nitrogens is 2. The second-order valence-electron chi connectivity index (χ2n) is 5.57. The lowest BCUT2D eigenvalue weighted by molar-refractivity contribution is -0.133. The van der Waals surface area contributed by atoms with Gasteiger partial charge in [-0.1, -0.05) is 25.1 Å². The molecule has 1 unspecified atom stereocenters. The van der Waals surface area contributed by atoms with Gasteiger partial charge in [0, 0.05) is 30.9 Å². The number of carbonyl (C=O) groups excluding carboxylic acids is 1. The fraction of sp³-hybridized carbons (Fsp3) is 0.333. The van der Waals surface area contributed by atoms with Crippen LogP contribution in [0.1, 0.15) is 18.9 Å². The van der Waals surface area contributed by atoms with Crippen LogP contribution in [0, 0.1) is 0 Å². The van der Waals surface area contributed by atoms with Crippen molar-refractivity contribution in [1.29, 1.82) is 0 Å². The number of carbonyl (C=O) groups is 1. The third-order valence-electron chi connectivity index (χ3n) is 3.95. The molecule has 120 valence electrons. The minimum atomic E-state index is 0.0270. The molecular formula is C18H21N3O2. The maximum atomic E-state index is 12.3. The number of ether oxygens (including phenoxy) is 1. The van der Waals surface area contributed by atoms with Gasteiger partial charge >= 0.3 is 0 Å². The van der Waals surface area contributed by atoms with Crippen LogP contribution in [0.2, 0.25) is 0 Å². The van der Waals surface area contributed by atoms with Gasteiger partial charge in [0.2, 0.25) is 5.91 Å². The van der Waals surface area contributed by atoms with E-state index in [0.717, 1.165) is 17.7 Å². The topological polar surface area (TPSA) is 47.4 Å². The van der Waals surface area contributed by atoms with Gasteiger partial charge in [0.15, 0.2) is 0 Å². The highest BCUT2D eigenvalue weighted by Gasteiger charge is 2.21. The molecule has 0 spiro atoms. The van der Waals surface area contributed by atoms with Crippen molar-refractivity contribution in [3.05, 3.63) is 54.4 Å². The zero-order valence-corrected chi connectivity index (χ0v) is 13.3.